The zero-order valence-electron chi connectivity index (χ0n) is 11.4. The van der Waals surface area contributed by atoms with Gasteiger partial charge < -0.3 is 5.73 Å². The number of halogens is 2. The van der Waals surface area contributed by atoms with Gasteiger partial charge >= 0.3 is 0 Å². The second-order valence-electron chi connectivity index (χ2n) is 4.95. The van der Waals surface area contributed by atoms with Crippen LogP contribution < -0.4 is 5.73 Å². The summed E-state index contributed by atoms with van der Waals surface area (Å²) in [7, 11) is -2.58. The molecule has 0 aliphatic heterocycles. The summed E-state index contributed by atoms with van der Waals surface area (Å²) in [6.45, 7) is 5.38. The summed E-state index contributed by atoms with van der Waals surface area (Å²) in [6, 6.07) is 2.26. The average molecular weight is 309 g/mol. The van der Waals surface area contributed by atoms with E-state index in [1.165, 1.54) is 13.1 Å². The molecule has 0 heterocycles. The molecule has 0 spiro atoms. The van der Waals surface area contributed by atoms with Crippen molar-refractivity contribution in [2.24, 2.45) is 0 Å². The standard InChI is InChI=1S/C12H18ClFN2O2S/c1-5-12(2,3)16(4)19(17,18)10-7-8(15)6-9(13)11(10)14/h6-7H,5,15H2,1-4H3. The van der Waals surface area contributed by atoms with Crippen LogP contribution in [0.25, 0.3) is 0 Å². The van der Waals surface area contributed by atoms with Gasteiger partial charge in [0, 0.05) is 18.3 Å². The molecule has 0 aliphatic carbocycles. The van der Waals surface area contributed by atoms with Crippen molar-refractivity contribution in [1.82, 2.24) is 4.31 Å². The van der Waals surface area contributed by atoms with Crippen LogP contribution in [0.3, 0.4) is 0 Å². The molecule has 0 bridgehead atoms. The van der Waals surface area contributed by atoms with Gasteiger partial charge in [0.05, 0.1) is 5.02 Å². The lowest BCUT2D eigenvalue weighted by Crippen LogP contribution is -2.44. The molecular weight excluding hydrogens is 291 g/mol. The fourth-order valence-electron chi connectivity index (χ4n) is 1.47. The Labute approximate surface area is 118 Å². The summed E-state index contributed by atoms with van der Waals surface area (Å²) in [6.07, 6.45) is 0.584. The van der Waals surface area contributed by atoms with Crippen molar-refractivity contribution in [2.45, 2.75) is 37.6 Å². The van der Waals surface area contributed by atoms with E-state index in [1.54, 1.807) is 13.8 Å². The Kier molecular flexibility index (Phi) is 4.49. The maximum atomic E-state index is 13.9. The lowest BCUT2D eigenvalue weighted by Gasteiger charge is -2.33. The van der Waals surface area contributed by atoms with Gasteiger partial charge in [0.2, 0.25) is 10.0 Å². The minimum absolute atomic E-state index is 0.104. The number of rotatable bonds is 4. The first-order valence-electron chi connectivity index (χ1n) is 5.77. The Balaban J connectivity index is 3.45. The van der Waals surface area contributed by atoms with Gasteiger partial charge in [0.25, 0.3) is 0 Å². The Hall–Kier alpha value is -0.850. The van der Waals surface area contributed by atoms with Crippen LogP contribution in [-0.4, -0.2) is 25.3 Å². The second-order valence-corrected chi connectivity index (χ2v) is 7.30. The minimum atomic E-state index is -3.99. The Morgan fingerprint density at radius 1 is 1.42 bits per heavy atom. The van der Waals surface area contributed by atoms with Crippen molar-refractivity contribution in [3.63, 3.8) is 0 Å². The van der Waals surface area contributed by atoms with Crippen LogP contribution in [-0.2, 0) is 10.0 Å². The monoisotopic (exact) mass is 308 g/mol. The molecule has 0 unspecified atom stereocenters. The van der Waals surface area contributed by atoms with Gasteiger partial charge in [0.15, 0.2) is 5.82 Å². The first kappa shape index (κ1) is 16.2. The van der Waals surface area contributed by atoms with Crippen LogP contribution in [0.4, 0.5) is 10.1 Å². The number of hydrogen-bond donors (Lipinski definition) is 1. The third kappa shape index (κ3) is 3.01. The van der Waals surface area contributed by atoms with Crippen LogP contribution in [0, 0.1) is 5.82 Å². The fourth-order valence-corrected chi connectivity index (χ4v) is 3.45. The van der Waals surface area contributed by atoms with Crippen LogP contribution in [0.5, 0.6) is 0 Å². The van der Waals surface area contributed by atoms with E-state index < -0.39 is 26.3 Å². The first-order valence-corrected chi connectivity index (χ1v) is 7.59. The van der Waals surface area contributed by atoms with Gasteiger partial charge in [-0.1, -0.05) is 18.5 Å². The van der Waals surface area contributed by atoms with Crippen molar-refractivity contribution >= 4 is 27.3 Å². The van der Waals surface area contributed by atoms with E-state index in [9.17, 15) is 12.8 Å². The Morgan fingerprint density at radius 3 is 2.42 bits per heavy atom. The molecule has 7 heteroatoms. The van der Waals surface area contributed by atoms with Gasteiger partial charge in [0.1, 0.15) is 4.90 Å². The summed E-state index contributed by atoms with van der Waals surface area (Å²) in [4.78, 5) is -0.499. The molecule has 0 fully saturated rings. The lowest BCUT2D eigenvalue weighted by atomic mass is 10.0. The van der Waals surface area contributed by atoms with Crippen molar-refractivity contribution in [1.29, 1.82) is 0 Å². The third-order valence-electron chi connectivity index (χ3n) is 3.37. The molecular formula is C12H18ClFN2O2S. The fraction of sp³-hybridized carbons (Fsp3) is 0.500. The number of nitrogens with zero attached hydrogens (tertiary/aromatic N) is 1. The third-order valence-corrected chi connectivity index (χ3v) is 5.72. The molecule has 1 aromatic carbocycles. The predicted octanol–water partition coefficient (Wildman–Crippen LogP) is 2.87. The molecule has 0 saturated carbocycles. The minimum Gasteiger partial charge on any atom is -0.399 e. The zero-order chi connectivity index (χ0) is 15.0. The highest BCUT2D eigenvalue weighted by Gasteiger charge is 2.35. The largest absolute Gasteiger partial charge is 0.399 e. The molecule has 2 N–H and O–H groups in total. The maximum absolute atomic E-state index is 13.9. The van der Waals surface area contributed by atoms with Crippen LogP contribution >= 0.6 is 11.6 Å². The van der Waals surface area contributed by atoms with E-state index in [4.69, 9.17) is 17.3 Å². The van der Waals surface area contributed by atoms with E-state index in [1.807, 2.05) is 6.92 Å². The van der Waals surface area contributed by atoms with Crippen molar-refractivity contribution < 1.29 is 12.8 Å². The van der Waals surface area contributed by atoms with E-state index in [0.717, 1.165) is 10.4 Å². The van der Waals surface area contributed by atoms with Crippen LogP contribution in [0.1, 0.15) is 27.2 Å². The molecule has 0 atom stereocenters. The summed E-state index contributed by atoms with van der Waals surface area (Å²) in [5.74, 6) is -0.977. The number of nitrogens with two attached hydrogens (primary N) is 1. The molecule has 4 nitrogen and oxygen atoms in total. The van der Waals surface area contributed by atoms with Gasteiger partial charge in [-0.3, -0.25) is 0 Å². The Morgan fingerprint density at radius 2 is 1.95 bits per heavy atom. The van der Waals surface area contributed by atoms with Crippen LogP contribution in [0.15, 0.2) is 17.0 Å². The summed E-state index contributed by atoms with van der Waals surface area (Å²) < 4.78 is 39.9. The quantitative estimate of drug-likeness (QED) is 0.870. The normalized spacial score (nSPS) is 13.0. The van der Waals surface area contributed by atoms with E-state index in [0.29, 0.717) is 6.42 Å². The molecule has 19 heavy (non-hydrogen) atoms. The number of anilines is 1. The number of sulfonamides is 1. The van der Waals surface area contributed by atoms with Crippen molar-refractivity contribution in [3.8, 4) is 0 Å². The van der Waals surface area contributed by atoms with Gasteiger partial charge in [-0.25, -0.2) is 12.8 Å². The topological polar surface area (TPSA) is 63.4 Å². The summed E-state index contributed by atoms with van der Waals surface area (Å²) >= 11 is 5.64. The van der Waals surface area contributed by atoms with E-state index in [-0.39, 0.29) is 10.7 Å². The molecule has 0 saturated heterocycles. The molecule has 0 radical (unpaired) electrons. The molecule has 0 aromatic heterocycles. The summed E-state index contributed by atoms with van der Waals surface area (Å²) in [5.41, 5.74) is 5.00. The highest BCUT2D eigenvalue weighted by Crippen LogP contribution is 2.31. The summed E-state index contributed by atoms with van der Waals surface area (Å²) in [5, 5.41) is -0.304. The lowest BCUT2D eigenvalue weighted by molar-refractivity contribution is 0.256. The van der Waals surface area contributed by atoms with Gasteiger partial charge in [-0.05, 0) is 32.4 Å². The van der Waals surface area contributed by atoms with Crippen molar-refractivity contribution in [3.05, 3.63) is 23.0 Å². The van der Waals surface area contributed by atoms with E-state index >= 15 is 0 Å². The van der Waals surface area contributed by atoms with Gasteiger partial charge in [-0.15, -0.1) is 0 Å². The maximum Gasteiger partial charge on any atom is 0.246 e. The molecule has 0 aliphatic rings. The number of benzene rings is 1. The average Bonchev–Trinajstić information content (AvgIpc) is 2.32. The number of nitrogen functional groups attached to an aromatic ring is 1. The molecule has 1 rings (SSSR count). The second kappa shape index (κ2) is 5.26. The smallest absolute Gasteiger partial charge is 0.246 e. The Bertz CT molecular complexity index is 588. The highest BCUT2D eigenvalue weighted by atomic mass is 35.5. The first-order chi connectivity index (χ1) is 8.54. The molecule has 1 aromatic rings. The van der Waals surface area contributed by atoms with Crippen LogP contribution in [0.2, 0.25) is 5.02 Å². The molecule has 108 valence electrons. The predicted molar refractivity (Wildman–Crippen MR) is 75.1 cm³/mol. The van der Waals surface area contributed by atoms with Crippen molar-refractivity contribution in [2.75, 3.05) is 12.8 Å². The zero-order valence-corrected chi connectivity index (χ0v) is 12.9. The SMILES string of the molecule is CCC(C)(C)N(C)S(=O)(=O)c1cc(N)cc(Cl)c1F. The van der Waals surface area contributed by atoms with E-state index in [2.05, 4.69) is 0 Å². The highest BCUT2D eigenvalue weighted by molar-refractivity contribution is 7.89. The number of hydrogen-bond acceptors (Lipinski definition) is 3. The van der Waals surface area contributed by atoms with Gasteiger partial charge in [-0.2, -0.15) is 4.31 Å². The molecule has 0 amide bonds.